The standard InChI is InChI=1S/C24H29N5OS/c1-27(15-22-25-20(16-31-22)17-8-4-3-5-9-17)18-10-11-21-19(14-18)23(26-28(21)2)24(30)29-12-6-7-13-29/h3-5,8-9,16,18H,6-7,10-15H2,1-2H3. The molecule has 31 heavy (non-hydrogen) atoms. The Kier molecular flexibility index (Phi) is 5.63. The fraction of sp³-hybridized carbons (Fsp3) is 0.458. The first-order valence-electron chi connectivity index (χ1n) is 11.1. The van der Waals surface area contributed by atoms with E-state index in [2.05, 4.69) is 46.7 Å². The van der Waals surface area contributed by atoms with Gasteiger partial charge in [-0.15, -0.1) is 11.3 Å². The fourth-order valence-electron chi connectivity index (χ4n) is 4.86. The summed E-state index contributed by atoms with van der Waals surface area (Å²) < 4.78 is 1.93. The van der Waals surface area contributed by atoms with E-state index >= 15 is 0 Å². The molecule has 2 aromatic heterocycles. The summed E-state index contributed by atoms with van der Waals surface area (Å²) in [5.41, 5.74) is 5.28. The molecule has 2 aliphatic rings. The number of aryl methyl sites for hydroxylation is 1. The highest BCUT2D eigenvalue weighted by molar-refractivity contribution is 7.09. The fourth-order valence-corrected chi connectivity index (χ4v) is 5.72. The lowest BCUT2D eigenvalue weighted by atomic mass is 9.90. The molecule has 5 rings (SSSR count). The number of amides is 1. The lowest BCUT2D eigenvalue weighted by Crippen LogP contribution is -2.37. The number of nitrogens with zero attached hydrogens (tertiary/aromatic N) is 5. The molecule has 1 aromatic carbocycles. The summed E-state index contributed by atoms with van der Waals surface area (Å²) in [4.78, 5) is 22.3. The van der Waals surface area contributed by atoms with Gasteiger partial charge in [0.2, 0.25) is 0 Å². The van der Waals surface area contributed by atoms with Crippen molar-refractivity contribution in [2.75, 3.05) is 20.1 Å². The molecule has 0 N–H and O–H groups in total. The molecular formula is C24H29N5OS. The summed E-state index contributed by atoms with van der Waals surface area (Å²) in [5, 5.41) is 7.92. The van der Waals surface area contributed by atoms with Gasteiger partial charge in [-0.25, -0.2) is 4.98 Å². The highest BCUT2D eigenvalue weighted by Crippen LogP contribution is 2.29. The van der Waals surface area contributed by atoms with Crippen LogP contribution in [-0.2, 0) is 26.4 Å². The SMILES string of the molecule is CN(Cc1nc(-c2ccccc2)cs1)C1CCc2c(c(C(=O)N3CCCC3)nn2C)C1. The van der Waals surface area contributed by atoms with Gasteiger partial charge in [-0.1, -0.05) is 30.3 Å². The number of benzene rings is 1. The van der Waals surface area contributed by atoms with Crippen LogP contribution >= 0.6 is 11.3 Å². The maximum absolute atomic E-state index is 13.1. The average Bonchev–Trinajstić information content (AvgIpc) is 3.55. The van der Waals surface area contributed by atoms with Crippen LogP contribution in [0.1, 0.15) is 46.0 Å². The van der Waals surface area contributed by atoms with Crippen molar-refractivity contribution in [1.29, 1.82) is 0 Å². The van der Waals surface area contributed by atoms with Crippen molar-refractivity contribution in [3.8, 4) is 11.3 Å². The molecule has 1 atom stereocenters. The largest absolute Gasteiger partial charge is 0.337 e. The smallest absolute Gasteiger partial charge is 0.274 e. The minimum Gasteiger partial charge on any atom is -0.337 e. The zero-order valence-corrected chi connectivity index (χ0v) is 19.1. The van der Waals surface area contributed by atoms with Crippen LogP contribution in [-0.4, -0.2) is 56.7 Å². The van der Waals surface area contributed by atoms with Crippen molar-refractivity contribution in [1.82, 2.24) is 24.6 Å². The third-order valence-electron chi connectivity index (χ3n) is 6.65. The predicted octanol–water partition coefficient (Wildman–Crippen LogP) is 3.77. The molecular weight excluding hydrogens is 406 g/mol. The Balaban J connectivity index is 1.30. The molecule has 1 aliphatic carbocycles. The van der Waals surface area contributed by atoms with E-state index in [1.54, 1.807) is 11.3 Å². The molecule has 0 bridgehead atoms. The monoisotopic (exact) mass is 435 g/mol. The first-order chi connectivity index (χ1) is 15.1. The number of carbonyl (C=O) groups excluding carboxylic acids is 1. The van der Waals surface area contributed by atoms with Crippen LogP contribution in [0.2, 0.25) is 0 Å². The predicted molar refractivity (Wildman–Crippen MR) is 123 cm³/mol. The van der Waals surface area contributed by atoms with Gasteiger partial charge < -0.3 is 4.90 Å². The Morgan fingerprint density at radius 1 is 1.23 bits per heavy atom. The van der Waals surface area contributed by atoms with E-state index in [0.29, 0.717) is 11.7 Å². The first kappa shape index (κ1) is 20.4. The van der Waals surface area contributed by atoms with Crippen LogP contribution in [0.3, 0.4) is 0 Å². The molecule has 3 heterocycles. The Morgan fingerprint density at radius 3 is 2.77 bits per heavy atom. The second kappa shape index (κ2) is 8.55. The number of hydrogen-bond acceptors (Lipinski definition) is 5. The molecule has 1 aliphatic heterocycles. The number of likely N-dealkylation sites (N-methyl/N-ethyl adjacent to an activating group) is 1. The zero-order valence-electron chi connectivity index (χ0n) is 18.3. The Labute approximate surface area is 187 Å². The number of fused-ring (bicyclic) bond motifs is 1. The van der Waals surface area contributed by atoms with Gasteiger partial charge in [-0.2, -0.15) is 5.10 Å². The number of carbonyl (C=O) groups is 1. The molecule has 162 valence electrons. The summed E-state index contributed by atoms with van der Waals surface area (Å²) in [6, 6.07) is 10.7. The molecule has 1 saturated heterocycles. The van der Waals surface area contributed by atoms with Gasteiger partial charge in [-0.05, 0) is 39.2 Å². The van der Waals surface area contributed by atoms with Crippen LogP contribution in [0.4, 0.5) is 0 Å². The van der Waals surface area contributed by atoms with E-state index in [0.717, 1.165) is 73.6 Å². The molecule has 6 nitrogen and oxygen atoms in total. The highest BCUT2D eigenvalue weighted by atomic mass is 32.1. The first-order valence-corrected chi connectivity index (χ1v) is 12.0. The summed E-state index contributed by atoms with van der Waals surface area (Å²) in [5.74, 6) is 0.116. The van der Waals surface area contributed by atoms with E-state index < -0.39 is 0 Å². The van der Waals surface area contributed by atoms with Crippen molar-refractivity contribution in [2.24, 2.45) is 7.05 Å². The Morgan fingerprint density at radius 2 is 2.00 bits per heavy atom. The Bertz CT molecular complexity index is 1070. The van der Waals surface area contributed by atoms with Crippen molar-refractivity contribution >= 4 is 17.2 Å². The van der Waals surface area contributed by atoms with Crippen LogP contribution < -0.4 is 0 Å². The van der Waals surface area contributed by atoms with Gasteiger partial charge in [0.25, 0.3) is 5.91 Å². The van der Waals surface area contributed by atoms with E-state index in [9.17, 15) is 4.79 Å². The summed E-state index contributed by atoms with van der Waals surface area (Å²) in [6.07, 6.45) is 5.13. The van der Waals surface area contributed by atoms with Crippen LogP contribution in [0.15, 0.2) is 35.7 Å². The van der Waals surface area contributed by atoms with Crippen molar-refractivity contribution < 1.29 is 4.79 Å². The molecule has 7 heteroatoms. The quantitative estimate of drug-likeness (QED) is 0.612. The second-order valence-electron chi connectivity index (χ2n) is 8.70. The van der Waals surface area contributed by atoms with Crippen molar-refractivity contribution in [3.05, 3.63) is 57.7 Å². The molecule has 0 radical (unpaired) electrons. The topological polar surface area (TPSA) is 54.3 Å². The molecule has 1 unspecified atom stereocenters. The van der Waals surface area contributed by atoms with Gasteiger partial charge >= 0.3 is 0 Å². The van der Waals surface area contributed by atoms with Crippen molar-refractivity contribution in [2.45, 2.75) is 44.7 Å². The maximum Gasteiger partial charge on any atom is 0.274 e. The van der Waals surface area contributed by atoms with Gasteiger partial charge in [0.05, 0.1) is 12.2 Å². The van der Waals surface area contributed by atoms with Crippen LogP contribution in [0, 0.1) is 0 Å². The van der Waals surface area contributed by atoms with Crippen LogP contribution in [0.5, 0.6) is 0 Å². The van der Waals surface area contributed by atoms with Crippen LogP contribution in [0.25, 0.3) is 11.3 Å². The number of thiazole rings is 1. The molecule has 3 aromatic rings. The average molecular weight is 436 g/mol. The van der Waals surface area contributed by atoms with E-state index in [4.69, 9.17) is 4.98 Å². The molecule has 1 amide bonds. The minimum absolute atomic E-state index is 0.116. The summed E-state index contributed by atoms with van der Waals surface area (Å²) in [7, 11) is 4.15. The number of aromatic nitrogens is 3. The number of rotatable bonds is 5. The number of likely N-dealkylation sites (tertiary alicyclic amines) is 1. The third-order valence-corrected chi connectivity index (χ3v) is 7.49. The molecule has 0 spiro atoms. The van der Waals surface area contributed by atoms with Gasteiger partial charge in [-0.3, -0.25) is 14.4 Å². The summed E-state index contributed by atoms with van der Waals surface area (Å²) in [6.45, 7) is 2.55. The van der Waals surface area contributed by atoms with E-state index in [-0.39, 0.29) is 5.91 Å². The lowest BCUT2D eigenvalue weighted by molar-refractivity contribution is 0.0784. The maximum atomic E-state index is 13.1. The Hall–Kier alpha value is -2.51. The molecule has 1 fully saturated rings. The van der Waals surface area contributed by atoms with Gasteiger partial charge in [0, 0.05) is 48.4 Å². The normalized spacial score (nSPS) is 18.5. The second-order valence-corrected chi connectivity index (χ2v) is 9.64. The van der Waals surface area contributed by atoms with E-state index in [1.807, 2.05) is 22.7 Å². The summed E-state index contributed by atoms with van der Waals surface area (Å²) >= 11 is 1.72. The zero-order chi connectivity index (χ0) is 21.4. The third kappa shape index (κ3) is 4.04. The highest BCUT2D eigenvalue weighted by Gasteiger charge is 2.32. The minimum atomic E-state index is 0.116. The van der Waals surface area contributed by atoms with Gasteiger partial charge in [0.15, 0.2) is 5.69 Å². The number of hydrogen-bond donors (Lipinski definition) is 0. The molecule has 0 saturated carbocycles. The van der Waals surface area contributed by atoms with E-state index in [1.165, 1.54) is 5.69 Å². The lowest BCUT2D eigenvalue weighted by Gasteiger charge is -2.31. The van der Waals surface area contributed by atoms with Gasteiger partial charge in [0.1, 0.15) is 5.01 Å². The van der Waals surface area contributed by atoms with Crippen molar-refractivity contribution in [3.63, 3.8) is 0 Å².